The van der Waals surface area contributed by atoms with Gasteiger partial charge in [0.05, 0.1) is 6.17 Å². The lowest BCUT2D eigenvalue weighted by Gasteiger charge is -2.22. The third kappa shape index (κ3) is 7.43. The number of rotatable bonds is 6. The van der Waals surface area contributed by atoms with E-state index in [2.05, 4.69) is 15.6 Å². The predicted octanol–water partition coefficient (Wildman–Crippen LogP) is 3.37. The summed E-state index contributed by atoms with van der Waals surface area (Å²) in [6, 6.07) is 5.09. The summed E-state index contributed by atoms with van der Waals surface area (Å²) < 4.78 is 65.1. The van der Waals surface area contributed by atoms with E-state index < -0.39 is 42.3 Å². The van der Waals surface area contributed by atoms with Gasteiger partial charge >= 0.3 is 6.18 Å². The maximum absolute atomic E-state index is 13.8. The molecule has 0 heterocycles. The van der Waals surface area contributed by atoms with Crippen molar-refractivity contribution in [2.75, 3.05) is 0 Å². The zero-order chi connectivity index (χ0) is 24.1. The van der Waals surface area contributed by atoms with E-state index in [0.29, 0.717) is 11.1 Å². The summed E-state index contributed by atoms with van der Waals surface area (Å²) in [6.07, 6.45) is -6.71. The van der Waals surface area contributed by atoms with Crippen LogP contribution in [0.15, 0.2) is 41.4 Å². The van der Waals surface area contributed by atoms with Crippen molar-refractivity contribution in [2.24, 2.45) is 16.5 Å². The Hall–Kier alpha value is -2.76. The minimum absolute atomic E-state index is 0.0709. The molecule has 0 aromatic heterocycles. The van der Waals surface area contributed by atoms with Crippen LogP contribution in [0.2, 0.25) is 5.02 Å². The molecule has 0 saturated heterocycles. The lowest BCUT2D eigenvalue weighted by molar-refractivity contribution is -0.149. The van der Waals surface area contributed by atoms with E-state index in [1.807, 2.05) is 0 Å². The van der Waals surface area contributed by atoms with Gasteiger partial charge < -0.3 is 22.1 Å². The maximum Gasteiger partial charge on any atom is 0.403 e. The zero-order valence-electron chi connectivity index (χ0n) is 16.8. The molecule has 2 aromatic rings. The van der Waals surface area contributed by atoms with Gasteiger partial charge in [0.15, 0.2) is 0 Å². The van der Waals surface area contributed by atoms with Crippen LogP contribution in [0.1, 0.15) is 27.9 Å². The van der Waals surface area contributed by atoms with Crippen LogP contribution in [0.3, 0.4) is 0 Å². The fourth-order valence-corrected chi connectivity index (χ4v) is 2.73. The molecular formula is C20H21ClF5N5O. The van der Waals surface area contributed by atoms with Gasteiger partial charge in [-0.3, -0.25) is 4.79 Å². The minimum Gasteiger partial charge on any atom is -0.352 e. The highest BCUT2D eigenvalue weighted by Crippen LogP contribution is 2.21. The predicted molar refractivity (Wildman–Crippen MR) is 111 cm³/mol. The van der Waals surface area contributed by atoms with Crippen molar-refractivity contribution in [3.8, 4) is 0 Å². The Balaban J connectivity index is 2.23. The molecule has 2 rings (SSSR count). The molecule has 0 aliphatic rings. The Morgan fingerprint density at radius 3 is 2.44 bits per heavy atom. The third-order valence-electron chi connectivity index (χ3n) is 4.34. The third-order valence-corrected chi connectivity index (χ3v) is 4.70. The van der Waals surface area contributed by atoms with Crippen molar-refractivity contribution in [3.63, 3.8) is 0 Å². The quantitative estimate of drug-likeness (QED) is 0.221. The molecule has 0 spiro atoms. The van der Waals surface area contributed by atoms with E-state index in [1.54, 1.807) is 0 Å². The lowest BCUT2D eigenvalue weighted by atomic mass is 10.1. The number of hydrogen-bond acceptors (Lipinski definition) is 3. The molecule has 1 amide bonds. The van der Waals surface area contributed by atoms with Gasteiger partial charge in [-0.15, -0.1) is 0 Å². The summed E-state index contributed by atoms with van der Waals surface area (Å²) in [6.45, 7) is 1.44. The molecule has 0 aliphatic heterocycles. The minimum atomic E-state index is -4.67. The van der Waals surface area contributed by atoms with Crippen molar-refractivity contribution < 1.29 is 26.7 Å². The summed E-state index contributed by atoms with van der Waals surface area (Å²) in [5.74, 6) is -2.36. The molecule has 0 aliphatic carbocycles. The van der Waals surface area contributed by atoms with Crippen molar-refractivity contribution >= 4 is 23.5 Å². The molecule has 174 valence electrons. The van der Waals surface area contributed by atoms with E-state index >= 15 is 0 Å². The monoisotopic (exact) mass is 477 g/mol. The standard InChI is InChI=1S/C20H21ClF5N5O/c1-10-2-3-11(6-15(10)23)18(32)31-19(30-17(28)8-16(27)20(24,25)26)29-9-12-4-5-13(22)7-14(12)21/h2-7,16-17H,8-9,27-28H2,1H3,(H2,29,30,31,32). The summed E-state index contributed by atoms with van der Waals surface area (Å²) in [5, 5.41) is 5.21. The first-order valence-corrected chi connectivity index (χ1v) is 9.66. The van der Waals surface area contributed by atoms with Crippen LogP contribution < -0.4 is 22.1 Å². The normalized spacial score (nSPS) is 14.1. The first kappa shape index (κ1) is 25.5. The van der Waals surface area contributed by atoms with Crippen LogP contribution >= 0.6 is 11.6 Å². The number of nitrogens with zero attached hydrogens (tertiary/aromatic N) is 1. The van der Waals surface area contributed by atoms with Crippen LogP contribution in [-0.4, -0.2) is 30.3 Å². The van der Waals surface area contributed by atoms with Crippen molar-refractivity contribution in [2.45, 2.75) is 38.3 Å². The number of benzene rings is 2. The second kappa shape index (κ2) is 10.7. The topological polar surface area (TPSA) is 106 Å². The van der Waals surface area contributed by atoms with Gasteiger partial charge in [0, 0.05) is 23.6 Å². The zero-order valence-corrected chi connectivity index (χ0v) is 17.6. The number of nitrogens with two attached hydrogens (primary N) is 2. The number of nitrogens with one attached hydrogen (secondary N) is 2. The number of alkyl halides is 3. The molecule has 0 radical (unpaired) electrons. The Labute approximate surface area is 185 Å². The Bertz CT molecular complexity index is 999. The Morgan fingerprint density at radius 2 is 1.84 bits per heavy atom. The summed E-state index contributed by atoms with van der Waals surface area (Å²) in [5.41, 5.74) is 11.4. The van der Waals surface area contributed by atoms with Crippen molar-refractivity contribution in [1.82, 2.24) is 10.6 Å². The Morgan fingerprint density at radius 1 is 1.16 bits per heavy atom. The highest BCUT2D eigenvalue weighted by molar-refractivity contribution is 6.31. The van der Waals surface area contributed by atoms with Crippen LogP contribution in [0, 0.1) is 18.6 Å². The van der Waals surface area contributed by atoms with Gasteiger partial charge in [0.1, 0.15) is 17.7 Å². The van der Waals surface area contributed by atoms with Crippen LogP contribution in [0.4, 0.5) is 22.0 Å². The first-order valence-electron chi connectivity index (χ1n) is 9.28. The van der Waals surface area contributed by atoms with Crippen LogP contribution in [0.25, 0.3) is 0 Å². The van der Waals surface area contributed by atoms with Gasteiger partial charge in [0.2, 0.25) is 5.96 Å². The summed E-state index contributed by atoms with van der Waals surface area (Å²) in [7, 11) is 0. The van der Waals surface area contributed by atoms with Crippen LogP contribution in [-0.2, 0) is 6.54 Å². The van der Waals surface area contributed by atoms with E-state index in [0.717, 1.165) is 18.2 Å². The van der Waals surface area contributed by atoms with E-state index in [9.17, 15) is 26.7 Å². The van der Waals surface area contributed by atoms with Gasteiger partial charge in [-0.1, -0.05) is 23.7 Å². The molecule has 2 aromatic carbocycles. The smallest absolute Gasteiger partial charge is 0.352 e. The fraction of sp³-hybridized carbons (Fsp3) is 0.300. The average molecular weight is 478 g/mol. The van der Waals surface area contributed by atoms with Gasteiger partial charge in [-0.25, -0.2) is 8.78 Å². The molecule has 2 atom stereocenters. The number of carbonyl (C=O) groups is 1. The van der Waals surface area contributed by atoms with E-state index in [-0.39, 0.29) is 23.1 Å². The summed E-state index contributed by atoms with van der Waals surface area (Å²) >= 11 is 5.96. The number of carbonyl (C=O) groups excluding carboxylic acids is 1. The molecule has 2 unspecified atom stereocenters. The number of guanidine groups is 1. The van der Waals surface area contributed by atoms with Gasteiger partial charge in [0.25, 0.3) is 5.91 Å². The van der Waals surface area contributed by atoms with Crippen molar-refractivity contribution in [3.05, 3.63) is 69.7 Å². The van der Waals surface area contributed by atoms with E-state index in [1.165, 1.54) is 25.1 Å². The second-order valence-corrected chi connectivity index (χ2v) is 7.36. The first-order chi connectivity index (χ1) is 14.9. The number of amides is 1. The van der Waals surface area contributed by atoms with Crippen LogP contribution in [0.5, 0.6) is 0 Å². The van der Waals surface area contributed by atoms with Crippen molar-refractivity contribution in [1.29, 1.82) is 0 Å². The summed E-state index contributed by atoms with van der Waals surface area (Å²) in [4.78, 5) is 16.2. The number of halogens is 6. The SMILES string of the molecule is Cc1ccc(C(=O)/N=C(/NCc2ccc(F)cc2Cl)NC(N)CC(N)C(F)(F)F)cc1F. The Kier molecular flexibility index (Phi) is 8.53. The lowest BCUT2D eigenvalue weighted by Crippen LogP contribution is -2.52. The highest BCUT2D eigenvalue weighted by Gasteiger charge is 2.37. The maximum atomic E-state index is 13.8. The molecule has 0 bridgehead atoms. The molecule has 12 heteroatoms. The highest BCUT2D eigenvalue weighted by atomic mass is 35.5. The molecule has 0 saturated carbocycles. The molecule has 32 heavy (non-hydrogen) atoms. The number of aryl methyl sites for hydroxylation is 1. The van der Waals surface area contributed by atoms with Gasteiger partial charge in [-0.2, -0.15) is 18.2 Å². The second-order valence-electron chi connectivity index (χ2n) is 6.95. The average Bonchev–Trinajstić information content (AvgIpc) is 2.68. The number of aliphatic imine (C=N–C) groups is 1. The molecule has 0 fully saturated rings. The molecular weight excluding hydrogens is 457 g/mol. The molecule has 6 nitrogen and oxygen atoms in total. The van der Waals surface area contributed by atoms with E-state index in [4.69, 9.17) is 23.1 Å². The largest absolute Gasteiger partial charge is 0.403 e. The number of hydrogen-bond donors (Lipinski definition) is 4. The van der Waals surface area contributed by atoms with Gasteiger partial charge in [-0.05, 0) is 42.3 Å². The molecule has 6 N–H and O–H groups in total. The fourth-order valence-electron chi connectivity index (χ4n) is 2.50.